The third-order valence-corrected chi connectivity index (χ3v) is 6.73. The van der Waals surface area contributed by atoms with Crippen molar-refractivity contribution < 1.29 is 9.90 Å². The molecule has 0 amide bonds. The predicted octanol–water partition coefficient (Wildman–Crippen LogP) is 4.49. The van der Waals surface area contributed by atoms with E-state index in [1.165, 1.54) is 23.2 Å². The molecule has 4 atom stereocenters. The summed E-state index contributed by atoms with van der Waals surface area (Å²) in [5, 5.41) is 15.4. The SMILES string of the molecule is C[C@@H](c1ccccc1)c1csc(C(=O)c2cncnc2N[C@@H]2C[C@@H](C)[C@@H](O)C2)c1. The number of benzene rings is 1. The van der Waals surface area contributed by atoms with Crippen molar-refractivity contribution in [3.8, 4) is 0 Å². The molecule has 4 rings (SSSR count). The van der Waals surface area contributed by atoms with Crippen LogP contribution >= 0.6 is 11.3 Å². The first-order valence-corrected chi connectivity index (χ1v) is 10.8. The molecule has 0 aliphatic heterocycles. The van der Waals surface area contributed by atoms with Gasteiger partial charge in [-0.05, 0) is 41.3 Å². The van der Waals surface area contributed by atoms with Gasteiger partial charge < -0.3 is 10.4 Å². The zero-order valence-corrected chi connectivity index (χ0v) is 17.4. The number of rotatable bonds is 6. The molecule has 0 saturated heterocycles. The van der Waals surface area contributed by atoms with Crippen molar-refractivity contribution in [1.29, 1.82) is 0 Å². The van der Waals surface area contributed by atoms with Crippen molar-refractivity contribution >= 4 is 22.9 Å². The van der Waals surface area contributed by atoms with Crippen molar-refractivity contribution in [3.05, 3.63) is 75.9 Å². The Hall–Kier alpha value is -2.57. The number of aromatic nitrogens is 2. The lowest BCUT2D eigenvalue weighted by atomic mass is 9.95. The number of hydrogen-bond acceptors (Lipinski definition) is 6. The number of aliphatic hydroxyl groups excluding tert-OH is 1. The van der Waals surface area contributed by atoms with Crippen LogP contribution in [0.5, 0.6) is 0 Å². The Morgan fingerprint density at radius 2 is 2.03 bits per heavy atom. The summed E-state index contributed by atoms with van der Waals surface area (Å²) in [6.45, 7) is 4.19. The van der Waals surface area contributed by atoms with E-state index in [1.807, 2.05) is 31.2 Å². The van der Waals surface area contributed by atoms with Gasteiger partial charge in [0, 0.05) is 18.2 Å². The second kappa shape index (κ2) is 8.43. The maximum atomic E-state index is 13.2. The van der Waals surface area contributed by atoms with Crippen LogP contribution in [-0.2, 0) is 0 Å². The van der Waals surface area contributed by atoms with Gasteiger partial charge in [0.2, 0.25) is 5.78 Å². The molecule has 2 N–H and O–H groups in total. The third kappa shape index (κ3) is 4.23. The van der Waals surface area contributed by atoms with E-state index in [0.29, 0.717) is 22.7 Å². The normalized spacial score (nSPS) is 22.4. The van der Waals surface area contributed by atoms with Crippen LogP contribution in [0.4, 0.5) is 5.82 Å². The van der Waals surface area contributed by atoms with Crippen LogP contribution in [0.15, 0.2) is 54.3 Å². The highest BCUT2D eigenvalue weighted by Gasteiger charge is 2.31. The van der Waals surface area contributed by atoms with Crippen LogP contribution < -0.4 is 5.32 Å². The lowest BCUT2D eigenvalue weighted by Gasteiger charge is -2.15. The Balaban J connectivity index is 1.54. The van der Waals surface area contributed by atoms with Crippen LogP contribution in [0.25, 0.3) is 0 Å². The van der Waals surface area contributed by atoms with Crippen LogP contribution in [0.2, 0.25) is 0 Å². The van der Waals surface area contributed by atoms with E-state index in [4.69, 9.17) is 0 Å². The predicted molar refractivity (Wildman–Crippen MR) is 116 cm³/mol. The highest BCUT2D eigenvalue weighted by Crippen LogP contribution is 2.31. The van der Waals surface area contributed by atoms with Crippen molar-refractivity contribution in [2.45, 2.75) is 44.8 Å². The minimum absolute atomic E-state index is 0.0730. The smallest absolute Gasteiger partial charge is 0.208 e. The molecule has 0 bridgehead atoms. The standard InChI is InChI=1S/C23H25N3O2S/c1-14-8-18(10-20(14)27)26-23-19(11-24-13-25-23)22(28)21-9-17(12-29-21)15(2)16-6-4-3-5-7-16/h3-7,9,11-15,18,20,27H,8,10H2,1-2H3,(H,24,25,26)/t14-,15+,18-,20+/m1/s1. The summed E-state index contributed by atoms with van der Waals surface area (Å²) in [6, 6.07) is 12.4. The molecule has 150 valence electrons. The van der Waals surface area contributed by atoms with Crippen LogP contribution in [0.3, 0.4) is 0 Å². The van der Waals surface area contributed by atoms with E-state index in [0.717, 1.165) is 12.0 Å². The molecule has 5 nitrogen and oxygen atoms in total. The number of nitrogens with zero attached hydrogens (tertiary/aromatic N) is 2. The van der Waals surface area contributed by atoms with Crippen molar-refractivity contribution in [2.24, 2.45) is 5.92 Å². The van der Waals surface area contributed by atoms with E-state index >= 15 is 0 Å². The Morgan fingerprint density at radius 1 is 1.24 bits per heavy atom. The first-order chi connectivity index (χ1) is 14.0. The van der Waals surface area contributed by atoms with Gasteiger partial charge >= 0.3 is 0 Å². The molecule has 0 unspecified atom stereocenters. The summed E-state index contributed by atoms with van der Waals surface area (Å²) in [6.07, 6.45) is 4.23. The van der Waals surface area contributed by atoms with Crippen LogP contribution in [0.1, 0.15) is 59.0 Å². The number of thiophene rings is 1. The van der Waals surface area contributed by atoms with Gasteiger partial charge in [0.05, 0.1) is 16.5 Å². The Labute approximate surface area is 174 Å². The second-order valence-electron chi connectivity index (χ2n) is 7.85. The zero-order valence-electron chi connectivity index (χ0n) is 16.6. The molecule has 1 aliphatic rings. The van der Waals surface area contributed by atoms with Crippen molar-refractivity contribution in [3.63, 3.8) is 0 Å². The summed E-state index contributed by atoms with van der Waals surface area (Å²) in [7, 11) is 0. The highest BCUT2D eigenvalue weighted by atomic mass is 32.1. The highest BCUT2D eigenvalue weighted by molar-refractivity contribution is 7.12. The average Bonchev–Trinajstić information content (AvgIpc) is 3.35. The fourth-order valence-corrected chi connectivity index (χ4v) is 4.87. The molecule has 1 saturated carbocycles. The van der Waals surface area contributed by atoms with Gasteiger partial charge in [-0.15, -0.1) is 11.3 Å². The topological polar surface area (TPSA) is 75.1 Å². The van der Waals surface area contributed by atoms with Gasteiger partial charge in [-0.3, -0.25) is 4.79 Å². The molecule has 3 aromatic rings. The van der Waals surface area contributed by atoms with E-state index in [-0.39, 0.29) is 29.8 Å². The van der Waals surface area contributed by atoms with E-state index in [9.17, 15) is 9.90 Å². The molecule has 0 radical (unpaired) electrons. The zero-order chi connectivity index (χ0) is 20.4. The third-order valence-electron chi connectivity index (χ3n) is 5.78. The number of carbonyl (C=O) groups excluding carboxylic acids is 1. The molecule has 2 aromatic heterocycles. The summed E-state index contributed by atoms with van der Waals surface area (Å²) in [5.74, 6) is 0.937. The minimum Gasteiger partial charge on any atom is -0.393 e. The van der Waals surface area contributed by atoms with Gasteiger partial charge in [-0.1, -0.05) is 44.2 Å². The monoisotopic (exact) mass is 407 g/mol. The van der Waals surface area contributed by atoms with Crippen molar-refractivity contribution in [2.75, 3.05) is 5.32 Å². The number of anilines is 1. The van der Waals surface area contributed by atoms with Gasteiger partial charge in [-0.2, -0.15) is 0 Å². The number of nitrogens with one attached hydrogen (secondary N) is 1. The van der Waals surface area contributed by atoms with Gasteiger partial charge in [0.15, 0.2) is 0 Å². The number of aliphatic hydroxyl groups is 1. The summed E-state index contributed by atoms with van der Waals surface area (Å²) in [5.41, 5.74) is 2.83. The number of ketones is 1. The fraction of sp³-hybridized carbons (Fsp3) is 0.348. The maximum absolute atomic E-state index is 13.2. The lowest BCUT2D eigenvalue weighted by molar-refractivity contribution is 0.104. The van der Waals surface area contributed by atoms with E-state index in [1.54, 1.807) is 6.20 Å². The quantitative estimate of drug-likeness (QED) is 0.589. The number of hydrogen-bond donors (Lipinski definition) is 2. The largest absolute Gasteiger partial charge is 0.393 e. The average molecular weight is 408 g/mol. The molecule has 1 fully saturated rings. The molecule has 1 aliphatic carbocycles. The van der Waals surface area contributed by atoms with Gasteiger partial charge in [-0.25, -0.2) is 9.97 Å². The molecule has 6 heteroatoms. The van der Waals surface area contributed by atoms with Crippen LogP contribution in [0, 0.1) is 5.92 Å². The van der Waals surface area contributed by atoms with Crippen LogP contribution in [-0.4, -0.2) is 33.0 Å². The molecule has 0 spiro atoms. The Morgan fingerprint density at radius 3 is 2.76 bits per heavy atom. The summed E-state index contributed by atoms with van der Waals surface area (Å²) < 4.78 is 0. The molecule has 1 aromatic carbocycles. The van der Waals surface area contributed by atoms with Crippen molar-refractivity contribution in [1.82, 2.24) is 9.97 Å². The van der Waals surface area contributed by atoms with Gasteiger partial charge in [0.1, 0.15) is 12.1 Å². The van der Waals surface area contributed by atoms with E-state index in [2.05, 4.69) is 39.7 Å². The molecular weight excluding hydrogens is 382 g/mol. The molecule has 2 heterocycles. The Bertz CT molecular complexity index is 979. The molecule has 29 heavy (non-hydrogen) atoms. The summed E-state index contributed by atoms with van der Waals surface area (Å²) >= 11 is 1.45. The first kappa shape index (κ1) is 19.7. The minimum atomic E-state index is -0.312. The first-order valence-electron chi connectivity index (χ1n) is 9.95. The lowest BCUT2D eigenvalue weighted by Crippen LogP contribution is -2.20. The van der Waals surface area contributed by atoms with E-state index < -0.39 is 0 Å². The fourth-order valence-electron chi connectivity index (χ4n) is 3.91. The second-order valence-corrected chi connectivity index (χ2v) is 8.76. The van der Waals surface area contributed by atoms with Gasteiger partial charge in [0.25, 0.3) is 0 Å². The maximum Gasteiger partial charge on any atom is 0.208 e. The Kier molecular flexibility index (Phi) is 5.74. The summed E-state index contributed by atoms with van der Waals surface area (Å²) in [4.78, 5) is 22.2. The number of carbonyl (C=O) groups is 1. The molecular formula is C23H25N3O2S.